The molecule has 0 bridgehead atoms. The maximum absolute atomic E-state index is 13.6. The van der Waals surface area contributed by atoms with Gasteiger partial charge in [-0.15, -0.1) is 0 Å². The first-order chi connectivity index (χ1) is 16.4. The molecule has 0 aliphatic carbocycles. The van der Waals surface area contributed by atoms with Crippen LogP contribution in [0.1, 0.15) is 31.0 Å². The topological polar surface area (TPSA) is 79.1 Å². The van der Waals surface area contributed by atoms with Crippen molar-refractivity contribution >= 4 is 35.0 Å². The van der Waals surface area contributed by atoms with Gasteiger partial charge in [0.1, 0.15) is 0 Å². The SMILES string of the molecule is CCOC(=O)C1=C(C)N=c2sc(=Cc3cccc(Cl)c3)c(=O)n2C1c1ccc(OC)c(OC)c1. The van der Waals surface area contributed by atoms with E-state index in [0.29, 0.717) is 42.7 Å². The van der Waals surface area contributed by atoms with Crippen molar-refractivity contribution in [3.05, 3.63) is 89.6 Å². The number of benzene rings is 2. The Kier molecular flexibility index (Phi) is 6.90. The fraction of sp³-hybridized carbons (Fsp3) is 0.240. The number of nitrogens with zero attached hydrogens (tertiary/aromatic N) is 2. The van der Waals surface area contributed by atoms with Crippen molar-refractivity contribution in [3.8, 4) is 11.5 Å². The van der Waals surface area contributed by atoms with Crippen LogP contribution in [0.25, 0.3) is 6.08 Å². The second kappa shape index (κ2) is 9.87. The van der Waals surface area contributed by atoms with Crippen LogP contribution < -0.4 is 24.4 Å². The quantitative estimate of drug-likeness (QED) is 0.486. The molecule has 34 heavy (non-hydrogen) atoms. The van der Waals surface area contributed by atoms with Gasteiger partial charge in [0.2, 0.25) is 0 Å². The number of hydrogen-bond acceptors (Lipinski definition) is 7. The third-order valence-electron chi connectivity index (χ3n) is 5.39. The minimum atomic E-state index is -0.739. The lowest BCUT2D eigenvalue weighted by atomic mass is 9.95. The van der Waals surface area contributed by atoms with Crippen molar-refractivity contribution in [2.45, 2.75) is 19.9 Å². The van der Waals surface area contributed by atoms with Crippen LogP contribution in [0, 0.1) is 0 Å². The van der Waals surface area contributed by atoms with E-state index in [0.717, 1.165) is 5.56 Å². The molecule has 0 saturated carbocycles. The van der Waals surface area contributed by atoms with E-state index < -0.39 is 12.0 Å². The summed E-state index contributed by atoms with van der Waals surface area (Å²) in [5, 5.41) is 0.574. The average molecular weight is 499 g/mol. The lowest BCUT2D eigenvalue weighted by molar-refractivity contribution is -0.139. The molecule has 1 atom stereocenters. The number of esters is 1. The highest BCUT2D eigenvalue weighted by atomic mass is 35.5. The molecule has 0 radical (unpaired) electrons. The Hall–Kier alpha value is -3.36. The van der Waals surface area contributed by atoms with E-state index in [1.807, 2.05) is 12.1 Å². The van der Waals surface area contributed by atoms with Gasteiger partial charge in [0.05, 0.1) is 42.7 Å². The molecular weight excluding hydrogens is 476 g/mol. The molecule has 2 heterocycles. The van der Waals surface area contributed by atoms with E-state index in [1.165, 1.54) is 23.0 Å². The van der Waals surface area contributed by atoms with E-state index in [1.54, 1.807) is 57.4 Å². The maximum atomic E-state index is 13.6. The molecule has 1 aliphatic heterocycles. The van der Waals surface area contributed by atoms with Crippen molar-refractivity contribution in [1.82, 2.24) is 4.57 Å². The molecule has 1 unspecified atom stereocenters. The second-order valence-electron chi connectivity index (χ2n) is 7.47. The summed E-state index contributed by atoms with van der Waals surface area (Å²) >= 11 is 7.37. The largest absolute Gasteiger partial charge is 0.493 e. The summed E-state index contributed by atoms with van der Waals surface area (Å²) < 4.78 is 18.2. The number of thiazole rings is 1. The van der Waals surface area contributed by atoms with Gasteiger partial charge in [-0.1, -0.05) is 41.1 Å². The highest BCUT2D eigenvalue weighted by molar-refractivity contribution is 7.07. The predicted molar refractivity (Wildman–Crippen MR) is 131 cm³/mol. The van der Waals surface area contributed by atoms with Crippen LogP contribution >= 0.6 is 22.9 Å². The van der Waals surface area contributed by atoms with Gasteiger partial charge in [0, 0.05) is 5.02 Å². The number of allylic oxidation sites excluding steroid dienone is 1. The molecule has 0 saturated heterocycles. The Labute approximate surface area is 205 Å². The third kappa shape index (κ3) is 4.38. The van der Waals surface area contributed by atoms with E-state index in [4.69, 9.17) is 25.8 Å². The molecule has 1 aromatic heterocycles. The molecule has 0 N–H and O–H groups in total. The van der Waals surface area contributed by atoms with E-state index in [9.17, 15) is 9.59 Å². The summed E-state index contributed by atoms with van der Waals surface area (Å²) in [4.78, 5) is 31.7. The van der Waals surface area contributed by atoms with E-state index in [-0.39, 0.29) is 12.2 Å². The molecular formula is C25H23ClN2O5S. The van der Waals surface area contributed by atoms with E-state index >= 15 is 0 Å². The summed E-state index contributed by atoms with van der Waals surface area (Å²) in [7, 11) is 3.08. The first-order valence-corrected chi connectivity index (χ1v) is 11.7. The Bertz CT molecular complexity index is 1470. The molecule has 1 aliphatic rings. The van der Waals surface area contributed by atoms with Crippen molar-refractivity contribution in [2.75, 3.05) is 20.8 Å². The van der Waals surface area contributed by atoms with Crippen LogP contribution in [-0.2, 0) is 9.53 Å². The Morgan fingerprint density at radius 2 is 1.94 bits per heavy atom. The maximum Gasteiger partial charge on any atom is 0.338 e. The molecule has 176 valence electrons. The number of hydrogen-bond donors (Lipinski definition) is 0. The van der Waals surface area contributed by atoms with Crippen molar-refractivity contribution in [3.63, 3.8) is 0 Å². The number of fused-ring (bicyclic) bond motifs is 1. The highest BCUT2D eigenvalue weighted by Crippen LogP contribution is 2.36. The number of methoxy groups -OCH3 is 2. The van der Waals surface area contributed by atoms with Crippen molar-refractivity contribution in [1.29, 1.82) is 0 Å². The summed E-state index contributed by atoms with van der Waals surface area (Å²) in [6.45, 7) is 3.68. The predicted octanol–water partition coefficient (Wildman–Crippen LogP) is 3.47. The first-order valence-electron chi connectivity index (χ1n) is 10.5. The minimum absolute atomic E-state index is 0.202. The first kappa shape index (κ1) is 23.8. The van der Waals surface area contributed by atoms with Gasteiger partial charge in [0.25, 0.3) is 5.56 Å². The van der Waals surface area contributed by atoms with Gasteiger partial charge in [-0.3, -0.25) is 9.36 Å². The number of carbonyl (C=O) groups excluding carboxylic acids is 1. The zero-order valence-corrected chi connectivity index (χ0v) is 20.7. The minimum Gasteiger partial charge on any atom is -0.493 e. The van der Waals surface area contributed by atoms with Gasteiger partial charge in [-0.2, -0.15) is 0 Å². The second-order valence-corrected chi connectivity index (χ2v) is 8.92. The lowest BCUT2D eigenvalue weighted by Crippen LogP contribution is -2.39. The Morgan fingerprint density at radius 3 is 2.62 bits per heavy atom. The van der Waals surface area contributed by atoms with Gasteiger partial charge in [-0.05, 0) is 55.3 Å². The molecule has 7 nitrogen and oxygen atoms in total. The van der Waals surface area contributed by atoms with Gasteiger partial charge in [0.15, 0.2) is 16.3 Å². The smallest absolute Gasteiger partial charge is 0.338 e. The summed E-state index contributed by atoms with van der Waals surface area (Å²) in [6, 6.07) is 11.8. The van der Waals surface area contributed by atoms with Gasteiger partial charge < -0.3 is 14.2 Å². The highest BCUT2D eigenvalue weighted by Gasteiger charge is 2.33. The molecule has 0 amide bonds. The summed E-state index contributed by atoms with van der Waals surface area (Å²) in [5.41, 5.74) is 1.99. The van der Waals surface area contributed by atoms with Crippen LogP contribution in [0.5, 0.6) is 11.5 Å². The number of carbonyl (C=O) groups is 1. The number of rotatable bonds is 6. The zero-order valence-electron chi connectivity index (χ0n) is 19.1. The monoisotopic (exact) mass is 498 g/mol. The fourth-order valence-electron chi connectivity index (χ4n) is 3.88. The van der Waals surface area contributed by atoms with Gasteiger partial charge in [-0.25, -0.2) is 9.79 Å². The Balaban J connectivity index is 1.97. The van der Waals surface area contributed by atoms with E-state index in [2.05, 4.69) is 4.99 Å². The van der Waals surface area contributed by atoms with Crippen LogP contribution in [-0.4, -0.2) is 31.4 Å². The van der Waals surface area contributed by atoms with Crippen LogP contribution in [0.4, 0.5) is 0 Å². The molecule has 3 aromatic rings. The van der Waals surface area contributed by atoms with Crippen LogP contribution in [0.15, 0.2) is 63.5 Å². The van der Waals surface area contributed by atoms with Crippen LogP contribution in [0.2, 0.25) is 5.02 Å². The molecule has 2 aromatic carbocycles. The normalized spacial score (nSPS) is 15.6. The van der Waals surface area contributed by atoms with Crippen LogP contribution in [0.3, 0.4) is 0 Å². The third-order valence-corrected chi connectivity index (χ3v) is 6.60. The number of halogens is 1. The average Bonchev–Trinajstić information content (AvgIpc) is 3.12. The molecule has 9 heteroatoms. The van der Waals surface area contributed by atoms with Crippen molar-refractivity contribution in [2.24, 2.45) is 4.99 Å². The molecule has 0 fully saturated rings. The molecule has 0 spiro atoms. The number of aromatic nitrogens is 1. The Morgan fingerprint density at radius 1 is 1.18 bits per heavy atom. The standard InChI is InChI=1S/C25H23ClN2O5S/c1-5-33-24(30)21-14(2)27-25-28(22(21)16-9-10-18(31-3)19(13-16)32-4)23(29)20(34-25)12-15-7-6-8-17(26)11-15/h6-13,22H,5H2,1-4H3. The van der Waals surface area contributed by atoms with Gasteiger partial charge >= 0.3 is 5.97 Å². The number of ether oxygens (including phenoxy) is 3. The fourth-order valence-corrected chi connectivity index (χ4v) is 5.12. The molecule has 4 rings (SSSR count). The summed E-state index contributed by atoms with van der Waals surface area (Å²) in [5.74, 6) is 0.504. The summed E-state index contributed by atoms with van der Waals surface area (Å²) in [6.07, 6.45) is 1.77. The lowest BCUT2D eigenvalue weighted by Gasteiger charge is -2.25. The van der Waals surface area contributed by atoms with Crippen molar-refractivity contribution < 1.29 is 19.0 Å². The zero-order chi connectivity index (χ0) is 24.4.